The number of carboxylic acid groups (broad SMARTS) is 1. The molecule has 2 aliphatic rings. The van der Waals surface area contributed by atoms with Gasteiger partial charge in [-0.1, -0.05) is 0 Å². The molecular formula is C12H19NO20S3. The predicted octanol–water partition coefficient (Wildman–Crippen LogP) is -5.21. The van der Waals surface area contributed by atoms with E-state index in [-0.39, 0.29) is 0 Å². The normalized spacial score (nSPS) is 34.3. The zero-order valence-electron chi connectivity index (χ0n) is 17.0. The Morgan fingerprint density at radius 3 is 2.03 bits per heavy atom. The fourth-order valence-electron chi connectivity index (χ4n) is 3.03. The molecule has 0 bridgehead atoms. The predicted molar refractivity (Wildman–Crippen MR) is 102 cm³/mol. The molecule has 0 aromatic rings. The van der Waals surface area contributed by atoms with Crippen molar-refractivity contribution in [3.05, 3.63) is 11.5 Å². The number of carboxylic acids is 1. The lowest BCUT2D eigenvalue weighted by Gasteiger charge is -2.44. The van der Waals surface area contributed by atoms with Crippen LogP contribution in [0.2, 0.25) is 0 Å². The monoisotopic (exact) mass is 593 g/mol. The summed E-state index contributed by atoms with van der Waals surface area (Å²) in [6.07, 6.45) is -16.7. The van der Waals surface area contributed by atoms with E-state index in [1.807, 2.05) is 0 Å². The maximum absolute atomic E-state index is 11.3. The summed E-state index contributed by atoms with van der Waals surface area (Å²) in [5, 5.41) is 49.4. The topological polar surface area (TPSA) is 340 Å². The fourth-order valence-corrected chi connectivity index (χ4v) is 4.41. The maximum atomic E-state index is 11.3. The summed E-state index contributed by atoms with van der Waals surface area (Å²) in [7, 11) is -15.9. The zero-order chi connectivity index (χ0) is 27.8. The summed E-state index contributed by atoms with van der Waals surface area (Å²) in [6.45, 7) is -1.30. The van der Waals surface area contributed by atoms with Gasteiger partial charge in [0.2, 0.25) is 12.0 Å². The van der Waals surface area contributed by atoms with Crippen LogP contribution in [0.25, 0.3) is 0 Å². The first-order valence-electron chi connectivity index (χ1n) is 8.90. The molecule has 0 unspecified atom stereocenters. The minimum absolute atomic E-state index is 1.30. The highest BCUT2D eigenvalue weighted by atomic mass is 32.3. The van der Waals surface area contributed by atoms with Gasteiger partial charge in [0.1, 0.15) is 30.5 Å². The minimum Gasteiger partial charge on any atom is -0.506 e. The number of hydrogen-bond acceptors (Lipinski definition) is 16. The van der Waals surface area contributed by atoms with Crippen molar-refractivity contribution in [1.82, 2.24) is 4.72 Å². The summed E-state index contributed by atoms with van der Waals surface area (Å²) < 4.78 is 117. The van der Waals surface area contributed by atoms with Gasteiger partial charge in [-0.25, -0.2) is 13.2 Å². The fraction of sp³-hybridized carbons (Fsp3) is 0.750. The standard InChI is InChI=1S/C12H19NO20S3/c14-4-3(13-34(20,21)22)11(19)30-2(1-29-35(23,24)25)7(4)31-12-9(33-36(26,27)28)6(16)5(15)8(32-12)10(17)18/h2-4,6-7,9,11-16,19H,1H2,(H,17,18)(H,20,21,22)(H,23,24,25)(H,26,27,28)/t2-,3-,4-,6+,7-,9-,11+,12-/m1/s1. The van der Waals surface area contributed by atoms with Gasteiger partial charge in [-0.3, -0.25) is 13.7 Å². The largest absolute Gasteiger partial charge is 0.506 e. The Morgan fingerprint density at radius 1 is 0.972 bits per heavy atom. The lowest BCUT2D eigenvalue weighted by atomic mass is 9.97. The third-order valence-electron chi connectivity index (χ3n) is 4.40. The third kappa shape index (κ3) is 8.11. The minimum atomic E-state index is -5.49. The molecule has 0 radical (unpaired) electrons. The van der Waals surface area contributed by atoms with Gasteiger partial charge in [-0.15, -0.1) is 0 Å². The van der Waals surface area contributed by atoms with Crippen LogP contribution in [0.3, 0.4) is 0 Å². The average Bonchev–Trinajstić information content (AvgIpc) is 2.68. The molecule has 2 rings (SSSR count). The molecule has 0 saturated carbocycles. The third-order valence-corrected chi connectivity index (χ3v) is 5.87. The van der Waals surface area contributed by atoms with E-state index in [1.54, 1.807) is 0 Å². The van der Waals surface area contributed by atoms with E-state index < -0.39 is 104 Å². The number of carbonyl (C=O) groups is 1. The molecule has 21 nitrogen and oxygen atoms in total. The second kappa shape index (κ2) is 10.9. The molecule has 1 fully saturated rings. The molecule has 0 aromatic carbocycles. The molecular weight excluding hydrogens is 574 g/mol. The van der Waals surface area contributed by atoms with Crippen LogP contribution < -0.4 is 4.72 Å². The van der Waals surface area contributed by atoms with Crippen LogP contribution in [-0.4, -0.2) is 126 Å². The number of aliphatic hydroxyl groups is 4. The highest BCUT2D eigenvalue weighted by Gasteiger charge is 2.52. The Bertz CT molecular complexity index is 1180. The van der Waals surface area contributed by atoms with Crippen molar-refractivity contribution < 1.29 is 91.8 Å². The molecule has 1 saturated heterocycles. The van der Waals surface area contributed by atoms with E-state index >= 15 is 0 Å². The van der Waals surface area contributed by atoms with Gasteiger partial charge in [0.15, 0.2) is 18.2 Å². The van der Waals surface area contributed by atoms with Crippen molar-refractivity contribution in [3.63, 3.8) is 0 Å². The van der Waals surface area contributed by atoms with Crippen LogP contribution in [0.5, 0.6) is 0 Å². The van der Waals surface area contributed by atoms with E-state index in [0.29, 0.717) is 0 Å². The van der Waals surface area contributed by atoms with E-state index in [0.717, 1.165) is 0 Å². The highest BCUT2D eigenvalue weighted by molar-refractivity contribution is 7.83. The molecule has 24 heteroatoms. The molecule has 8 atom stereocenters. The number of aliphatic hydroxyl groups excluding tert-OH is 4. The second-order valence-electron chi connectivity index (χ2n) is 6.93. The Labute approximate surface area is 201 Å². The summed E-state index contributed by atoms with van der Waals surface area (Å²) in [6, 6.07) is -2.20. The first-order valence-corrected chi connectivity index (χ1v) is 13.1. The van der Waals surface area contributed by atoms with Crippen LogP contribution in [0.4, 0.5) is 0 Å². The first-order chi connectivity index (χ1) is 16.2. The van der Waals surface area contributed by atoms with Gasteiger partial charge in [-0.05, 0) is 0 Å². The van der Waals surface area contributed by atoms with Crippen molar-refractivity contribution in [2.45, 2.75) is 49.1 Å². The van der Waals surface area contributed by atoms with Crippen LogP contribution >= 0.6 is 0 Å². The van der Waals surface area contributed by atoms with Crippen LogP contribution in [0.1, 0.15) is 0 Å². The van der Waals surface area contributed by atoms with Gasteiger partial charge in [-0.2, -0.15) is 30.0 Å². The Kier molecular flexibility index (Phi) is 9.23. The molecule has 0 amide bonds. The van der Waals surface area contributed by atoms with E-state index in [2.05, 4.69) is 8.37 Å². The van der Waals surface area contributed by atoms with E-state index in [1.165, 1.54) is 4.72 Å². The van der Waals surface area contributed by atoms with Crippen molar-refractivity contribution in [1.29, 1.82) is 0 Å². The number of rotatable bonds is 10. The van der Waals surface area contributed by atoms with Gasteiger partial charge < -0.3 is 39.7 Å². The summed E-state index contributed by atoms with van der Waals surface area (Å²) in [5.41, 5.74) is 0. The average molecular weight is 593 g/mol. The second-order valence-corrected chi connectivity index (χ2v) is 10.3. The van der Waals surface area contributed by atoms with Crippen molar-refractivity contribution in [2.75, 3.05) is 6.61 Å². The van der Waals surface area contributed by atoms with Crippen molar-refractivity contribution >= 4 is 37.1 Å². The van der Waals surface area contributed by atoms with E-state index in [4.69, 9.17) is 33.0 Å². The van der Waals surface area contributed by atoms with Gasteiger partial charge in [0.25, 0.3) is 0 Å². The Balaban J connectivity index is 2.49. The number of ether oxygens (including phenoxy) is 3. The van der Waals surface area contributed by atoms with Gasteiger partial charge in [0.05, 0.1) is 6.61 Å². The highest BCUT2D eigenvalue weighted by Crippen LogP contribution is 2.32. The summed E-state index contributed by atoms with van der Waals surface area (Å²) >= 11 is 0. The molecule has 0 spiro atoms. The summed E-state index contributed by atoms with van der Waals surface area (Å²) in [5.74, 6) is -5.02. The number of hydrogen-bond donors (Lipinski definition) is 9. The van der Waals surface area contributed by atoms with Gasteiger partial charge in [0, 0.05) is 0 Å². The van der Waals surface area contributed by atoms with Crippen molar-refractivity contribution in [2.24, 2.45) is 0 Å². The smallest absolute Gasteiger partial charge is 0.397 e. The van der Waals surface area contributed by atoms with Gasteiger partial charge >= 0.3 is 37.1 Å². The molecule has 2 heterocycles. The van der Waals surface area contributed by atoms with Crippen LogP contribution in [-0.2, 0) is 58.5 Å². The lowest BCUT2D eigenvalue weighted by Crippen LogP contribution is -2.66. The molecule has 210 valence electrons. The quantitative estimate of drug-likeness (QED) is 0.107. The van der Waals surface area contributed by atoms with Crippen LogP contribution in [0, 0.1) is 0 Å². The molecule has 0 aromatic heterocycles. The molecule has 2 aliphatic heterocycles. The molecule has 0 aliphatic carbocycles. The molecule has 9 N–H and O–H groups in total. The Hall–Kier alpha value is -1.78. The zero-order valence-corrected chi connectivity index (χ0v) is 19.5. The number of aliphatic carboxylic acids is 1. The summed E-state index contributed by atoms with van der Waals surface area (Å²) in [4.78, 5) is 11.3. The maximum Gasteiger partial charge on any atom is 0.397 e. The molecule has 36 heavy (non-hydrogen) atoms. The Morgan fingerprint density at radius 2 is 1.56 bits per heavy atom. The number of nitrogens with one attached hydrogen (secondary N) is 1. The van der Waals surface area contributed by atoms with E-state index in [9.17, 15) is 50.5 Å². The lowest BCUT2D eigenvalue weighted by molar-refractivity contribution is -0.305. The first kappa shape index (κ1) is 30.4. The SMILES string of the molecule is O=C(O)C1=C(O)[C@H](O)[C@@H](OS(=O)(=O)O)[C@H](O[C@H]2[C@H](O)[C@@H](NS(=O)(=O)O)[C@@H](O)O[C@@H]2COS(=O)(=O)O)O1. The van der Waals surface area contributed by atoms with Crippen LogP contribution in [0.15, 0.2) is 11.5 Å². The van der Waals surface area contributed by atoms with Crippen molar-refractivity contribution in [3.8, 4) is 0 Å².